The minimum Gasteiger partial charge on any atom is -0.495 e. The number of hydrogen-bond donors (Lipinski definition) is 2. The molecule has 1 aromatic heterocycles. The van der Waals surface area contributed by atoms with E-state index >= 15 is 0 Å². The zero-order valence-corrected chi connectivity index (χ0v) is 19.7. The van der Waals surface area contributed by atoms with Crippen molar-refractivity contribution in [3.8, 4) is 5.75 Å². The van der Waals surface area contributed by atoms with Gasteiger partial charge in [-0.15, -0.1) is 0 Å². The lowest BCUT2D eigenvalue weighted by Gasteiger charge is -2.15. The Labute approximate surface area is 193 Å². The molecule has 168 valence electrons. The zero-order chi connectivity index (χ0) is 23.3. The Hall–Kier alpha value is -3.32. The van der Waals surface area contributed by atoms with Crippen molar-refractivity contribution >= 4 is 29.2 Å². The number of aryl methyl sites for hydroxylation is 3. The van der Waals surface area contributed by atoms with Crippen molar-refractivity contribution in [3.63, 3.8) is 0 Å². The van der Waals surface area contributed by atoms with Gasteiger partial charge in [0.15, 0.2) is 0 Å². The molecule has 3 rings (SSSR count). The van der Waals surface area contributed by atoms with Crippen molar-refractivity contribution in [1.82, 2.24) is 15.1 Å². The van der Waals surface area contributed by atoms with E-state index in [1.165, 1.54) is 0 Å². The number of rotatable bonds is 6. The lowest BCUT2D eigenvalue weighted by Crippen LogP contribution is -2.36. The predicted molar refractivity (Wildman–Crippen MR) is 129 cm³/mol. The Bertz CT molecular complexity index is 1140. The molecule has 8 heteroatoms. The Balaban J connectivity index is 1.92. The third-order valence-electron chi connectivity index (χ3n) is 5.17. The molecule has 0 aliphatic heterocycles. The first kappa shape index (κ1) is 23.3. The minimum absolute atomic E-state index is 0.294. The number of aromatic nitrogens is 2. The van der Waals surface area contributed by atoms with Gasteiger partial charge >= 0.3 is 0 Å². The number of methoxy groups -OCH3 is 1. The van der Waals surface area contributed by atoms with Gasteiger partial charge in [-0.25, -0.2) is 4.99 Å². The number of carbonyl (C=O) groups is 1. The van der Waals surface area contributed by atoms with Crippen LogP contribution in [-0.2, 0) is 13.1 Å². The predicted octanol–water partition coefficient (Wildman–Crippen LogP) is 4.89. The van der Waals surface area contributed by atoms with Crippen molar-refractivity contribution in [2.75, 3.05) is 12.4 Å². The average molecular weight is 454 g/mol. The first-order valence-corrected chi connectivity index (χ1v) is 10.8. The molecule has 0 saturated carbocycles. The summed E-state index contributed by atoms with van der Waals surface area (Å²) in [4.78, 5) is 17.5. The van der Waals surface area contributed by atoms with Crippen LogP contribution in [0, 0.1) is 20.8 Å². The quantitative estimate of drug-likeness (QED) is 0.411. The van der Waals surface area contributed by atoms with Gasteiger partial charge in [0.2, 0.25) is 5.96 Å². The van der Waals surface area contributed by atoms with Gasteiger partial charge in [-0.3, -0.25) is 14.8 Å². The van der Waals surface area contributed by atoms with E-state index in [2.05, 4.69) is 27.6 Å². The maximum absolute atomic E-state index is 12.9. The topological polar surface area (TPSA) is 80.5 Å². The summed E-state index contributed by atoms with van der Waals surface area (Å²) in [6.45, 7) is 9.18. The fraction of sp³-hybridized carbons (Fsp3) is 0.292. The second kappa shape index (κ2) is 10.3. The van der Waals surface area contributed by atoms with E-state index in [0.717, 1.165) is 29.1 Å². The minimum atomic E-state index is -0.294. The second-order valence-electron chi connectivity index (χ2n) is 7.42. The van der Waals surface area contributed by atoms with Crippen molar-refractivity contribution in [1.29, 1.82) is 0 Å². The number of hydrogen-bond acceptors (Lipinski definition) is 4. The summed E-state index contributed by atoms with van der Waals surface area (Å²) in [6.07, 6.45) is 0. The number of benzene rings is 2. The zero-order valence-electron chi connectivity index (χ0n) is 19.0. The molecule has 2 N–H and O–H groups in total. The molecule has 0 fully saturated rings. The SMILES string of the molecule is CCn1nc(C)c(CN=C(NC(=O)c2ccc(Cl)cc2)Nc2cc(C)ccc2OC)c1C. The van der Waals surface area contributed by atoms with Crippen LogP contribution in [0.3, 0.4) is 0 Å². The van der Waals surface area contributed by atoms with Gasteiger partial charge in [0.05, 0.1) is 25.0 Å². The van der Waals surface area contributed by atoms with Gasteiger partial charge in [-0.1, -0.05) is 17.7 Å². The molecule has 0 unspecified atom stereocenters. The number of nitrogens with zero attached hydrogens (tertiary/aromatic N) is 3. The third kappa shape index (κ3) is 5.48. The fourth-order valence-electron chi connectivity index (χ4n) is 3.37. The lowest BCUT2D eigenvalue weighted by atomic mass is 10.2. The number of aliphatic imine (C=N–C) groups is 1. The van der Waals surface area contributed by atoms with Crippen LogP contribution >= 0.6 is 11.6 Å². The van der Waals surface area contributed by atoms with Crippen LogP contribution in [-0.4, -0.2) is 28.8 Å². The first-order chi connectivity index (χ1) is 15.3. The summed E-state index contributed by atoms with van der Waals surface area (Å²) in [6, 6.07) is 12.5. The molecule has 0 aliphatic carbocycles. The van der Waals surface area contributed by atoms with E-state index in [4.69, 9.17) is 16.3 Å². The van der Waals surface area contributed by atoms with E-state index in [9.17, 15) is 4.79 Å². The van der Waals surface area contributed by atoms with E-state index in [-0.39, 0.29) is 5.91 Å². The van der Waals surface area contributed by atoms with Crippen LogP contribution in [0.5, 0.6) is 5.75 Å². The summed E-state index contributed by atoms with van der Waals surface area (Å²) >= 11 is 5.95. The van der Waals surface area contributed by atoms with Crippen LogP contribution in [0.2, 0.25) is 5.02 Å². The first-order valence-electron chi connectivity index (χ1n) is 10.4. The Morgan fingerprint density at radius 3 is 2.50 bits per heavy atom. The van der Waals surface area contributed by atoms with Gasteiger partial charge in [0.25, 0.3) is 5.91 Å². The molecule has 1 amide bonds. The summed E-state index contributed by atoms with van der Waals surface area (Å²) in [5.74, 6) is 0.671. The van der Waals surface area contributed by atoms with Gasteiger partial charge in [-0.2, -0.15) is 5.10 Å². The van der Waals surface area contributed by atoms with Crippen molar-refractivity contribution < 1.29 is 9.53 Å². The number of amides is 1. The molecule has 0 aliphatic rings. The largest absolute Gasteiger partial charge is 0.495 e. The molecule has 0 saturated heterocycles. The molecular formula is C24H28ClN5O2. The average Bonchev–Trinajstić information content (AvgIpc) is 3.05. The molecule has 2 aromatic carbocycles. The fourth-order valence-corrected chi connectivity index (χ4v) is 3.49. The summed E-state index contributed by atoms with van der Waals surface area (Å²) in [5.41, 5.74) is 5.25. The molecule has 0 atom stereocenters. The van der Waals surface area contributed by atoms with E-state index in [1.54, 1.807) is 31.4 Å². The van der Waals surface area contributed by atoms with Gasteiger partial charge in [0.1, 0.15) is 5.75 Å². The highest BCUT2D eigenvalue weighted by molar-refractivity contribution is 6.30. The van der Waals surface area contributed by atoms with Gasteiger partial charge in [-0.05, 0) is 69.7 Å². The highest BCUT2D eigenvalue weighted by Crippen LogP contribution is 2.25. The molecule has 3 aromatic rings. The summed E-state index contributed by atoms with van der Waals surface area (Å²) in [7, 11) is 1.60. The van der Waals surface area contributed by atoms with E-state index in [0.29, 0.717) is 34.5 Å². The molecule has 32 heavy (non-hydrogen) atoms. The Kier molecular flexibility index (Phi) is 7.53. The van der Waals surface area contributed by atoms with Crippen LogP contribution < -0.4 is 15.4 Å². The summed E-state index contributed by atoms with van der Waals surface area (Å²) in [5, 5.41) is 11.2. The van der Waals surface area contributed by atoms with Crippen molar-refractivity contribution in [3.05, 3.63) is 75.6 Å². The molecule has 1 heterocycles. The van der Waals surface area contributed by atoms with Crippen LogP contribution in [0.15, 0.2) is 47.5 Å². The van der Waals surface area contributed by atoms with E-state index in [1.807, 2.05) is 43.7 Å². The number of anilines is 1. The highest BCUT2D eigenvalue weighted by Gasteiger charge is 2.14. The molecule has 0 bridgehead atoms. The Morgan fingerprint density at radius 2 is 1.88 bits per heavy atom. The van der Waals surface area contributed by atoms with Gasteiger partial charge < -0.3 is 10.1 Å². The smallest absolute Gasteiger partial charge is 0.257 e. The number of guanidine groups is 1. The van der Waals surface area contributed by atoms with Crippen LogP contribution in [0.25, 0.3) is 0 Å². The number of halogens is 1. The second-order valence-corrected chi connectivity index (χ2v) is 7.86. The lowest BCUT2D eigenvalue weighted by molar-refractivity contribution is 0.0977. The van der Waals surface area contributed by atoms with Crippen molar-refractivity contribution in [2.24, 2.45) is 4.99 Å². The molecule has 0 radical (unpaired) electrons. The van der Waals surface area contributed by atoms with Crippen LogP contribution in [0.4, 0.5) is 5.69 Å². The Morgan fingerprint density at radius 1 is 1.16 bits per heavy atom. The normalized spacial score (nSPS) is 11.4. The number of ether oxygens (including phenoxy) is 1. The maximum atomic E-state index is 12.9. The number of nitrogens with one attached hydrogen (secondary N) is 2. The highest BCUT2D eigenvalue weighted by atomic mass is 35.5. The molecule has 7 nitrogen and oxygen atoms in total. The summed E-state index contributed by atoms with van der Waals surface area (Å²) < 4.78 is 7.41. The monoisotopic (exact) mass is 453 g/mol. The van der Waals surface area contributed by atoms with Gasteiger partial charge in [0, 0.05) is 28.4 Å². The standard InChI is InChI=1S/C24H28ClN5O2/c1-6-30-17(4)20(16(3)29-30)14-26-24(27-21-13-15(2)7-12-22(21)32-5)28-23(31)18-8-10-19(25)11-9-18/h7-13H,6,14H2,1-5H3,(H2,26,27,28,31). The number of carbonyl (C=O) groups excluding carboxylic acids is 1. The third-order valence-corrected chi connectivity index (χ3v) is 5.42. The van der Waals surface area contributed by atoms with Crippen LogP contribution in [0.1, 0.15) is 39.8 Å². The van der Waals surface area contributed by atoms with Crippen molar-refractivity contribution in [2.45, 2.75) is 40.8 Å². The molecule has 0 spiro atoms. The maximum Gasteiger partial charge on any atom is 0.257 e. The van der Waals surface area contributed by atoms with E-state index < -0.39 is 0 Å². The molecular weight excluding hydrogens is 426 g/mol.